The quantitative estimate of drug-likeness (QED) is 0.893. The molecule has 2 fully saturated rings. The third kappa shape index (κ3) is 3.27. The lowest BCUT2D eigenvalue weighted by atomic mass is 9.95. The zero-order valence-electron chi connectivity index (χ0n) is 12.9. The van der Waals surface area contributed by atoms with Gasteiger partial charge in [-0.2, -0.15) is 0 Å². The number of hydrogen-bond acceptors (Lipinski definition) is 3. The van der Waals surface area contributed by atoms with Gasteiger partial charge in [0.25, 0.3) is 5.91 Å². The lowest BCUT2D eigenvalue weighted by Gasteiger charge is -2.23. The summed E-state index contributed by atoms with van der Waals surface area (Å²) < 4.78 is 25.0. The molecule has 5 nitrogen and oxygen atoms in total. The molecule has 3 atom stereocenters. The van der Waals surface area contributed by atoms with Gasteiger partial charge in [0.2, 0.25) is 10.0 Å². The molecule has 1 aromatic rings. The van der Waals surface area contributed by atoms with E-state index < -0.39 is 10.0 Å². The molecule has 0 unspecified atom stereocenters. The number of sulfonamides is 1. The van der Waals surface area contributed by atoms with Crippen LogP contribution >= 0.6 is 0 Å². The van der Waals surface area contributed by atoms with Crippen LogP contribution in [0.5, 0.6) is 0 Å². The average Bonchev–Trinajstić information content (AvgIpc) is 3.02. The van der Waals surface area contributed by atoms with Crippen molar-refractivity contribution in [1.29, 1.82) is 0 Å². The number of anilines is 1. The molecule has 0 spiro atoms. The van der Waals surface area contributed by atoms with E-state index >= 15 is 0 Å². The smallest absolute Gasteiger partial charge is 0.251 e. The van der Waals surface area contributed by atoms with E-state index in [2.05, 4.69) is 10.0 Å². The Balaban J connectivity index is 1.69. The molecule has 3 rings (SSSR count). The summed E-state index contributed by atoms with van der Waals surface area (Å²) in [6.07, 6.45) is 6.00. The zero-order chi connectivity index (χ0) is 15.9. The van der Waals surface area contributed by atoms with Gasteiger partial charge in [-0.05, 0) is 61.8 Å². The Morgan fingerprint density at radius 3 is 2.55 bits per heavy atom. The Labute approximate surface area is 131 Å². The number of aryl methyl sites for hydroxylation is 1. The predicted molar refractivity (Wildman–Crippen MR) is 86.3 cm³/mol. The molecule has 120 valence electrons. The summed E-state index contributed by atoms with van der Waals surface area (Å²) in [7, 11) is -3.31. The SMILES string of the molecule is Cc1cc(C(=O)N[C@H]2C[C@@H]3CC[C@@H]2C3)ccc1NS(C)(=O)=O. The van der Waals surface area contributed by atoms with Crippen molar-refractivity contribution in [2.75, 3.05) is 11.0 Å². The molecule has 2 N–H and O–H groups in total. The van der Waals surface area contributed by atoms with Crippen molar-refractivity contribution < 1.29 is 13.2 Å². The Hall–Kier alpha value is -1.56. The van der Waals surface area contributed by atoms with Crippen molar-refractivity contribution >= 4 is 21.6 Å². The molecule has 2 bridgehead atoms. The largest absolute Gasteiger partial charge is 0.349 e. The molecule has 0 heterocycles. The van der Waals surface area contributed by atoms with Crippen molar-refractivity contribution in [2.45, 2.75) is 38.6 Å². The third-order valence-corrected chi connectivity index (χ3v) is 5.43. The highest BCUT2D eigenvalue weighted by Gasteiger charge is 2.40. The Bertz CT molecular complexity index is 699. The lowest BCUT2D eigenvalue weighted by molar-refractivity contribution is 0.0923. The van der Waals surface area contributed by atoms with Gasteiger partial charge in [-0.25, -0.2) is 8.42 Å². The molecule has 0 aliphatic heterocycles. The van der Waals surface area contributed by atoms with Gasteiger partial charge in [-0.15, -0.1) is 0 Å². The van der Waals surface area contributed by atoms with E-state index in [9.17, 15) is 13.2 Å². The van der Waals surface area contributed by atoms with Crippen LogP contribution in [0, 0.1) is 18.8 Å². The maximum absolute atomic E-state index is 12.4. The molecule has 2 saturated carbocycles. The topological polar surface area (TPSA) is 75.3 Å². The molecule has 0 saturated heterocycles. The van der Waals surface area contributed by atoms with Gasteiger partial charge < -0.3 is 5.32 Å². The average molecular weight is 322 g/mol. The molecule has 0 aromatic heterocycles. The fraction of sp³-hybridized carbons (Fsp3) is 0.562. The normalized spacial score (nSPS) is 26.9. The van der Waals surface area contributed by atoms with Crippen molar-refractivity contribution in [3.63, 3.8) is 0 Å². The monoisotopic (exact) mass is 322 g/mol. The second kappa shape index (κ2) is 5.57. The number of carbonyl (C=O) groups is 1. The molecular weight excluding hydrogens is 300 g/mol. The van der Waals surface area contributed by atoms with Crippen LogP contribution < -0.4 is 10.0 Å². The summed E-state index contributed by atoms with van der Waals surface area (Å²) in [5.74, 6) is 1.37. The highest BCUT2D eigenvalue weighted by Crippen LogP contribution is 2.44. The van der Waals surface area contributed by atoms with Crippen molar-refractivity contribution in [3.05, 3.63) is 29.3 Å². The van der Waals surface area contributed by atoms with Crippen LogP contribution in [0.15, 0.2) is 18.2 Å². The van der Waals surface area contributed by atoms with Crippen LogP contribution in [0.1, 0.15) is 41.6 Å². The summed E-state index contributed by atoms with van der Waals surface area (Å²) in [6, 6.07) is 5.35. The number of rotatable bonds is 4. The summed E-state index contributed by atoms with van der Waals surface area (Å²) in [5.41, 5.74) is 1.84. The minimum absolute atomic E-state index is 0.0634. The van der Waals surface area contributed by atoms with Crippen LogP contribution in [0.25, 0.3) is 0 Å². The number of benzene rings is 1. The molecule has 1 amide bonds. The number of nitrogens with one attached hydrogen (secondary N) is 2. The Morgan fingerprint density at radius 2 is 2.00 bits per heavy atom. The molecule has 2 aliphatic rings. The van der Waals surface area contributed by atoms with E-state index in [1.807, 2.05) is 0 Å². The maximum Gasteiger partial charge on any atom is 0.251 e. The van der Waals surface area contributed by atoms with Gasteiger partial charge in [0, 0.05) is 11.6 Å². The van der Waals surface area contributed by atoms with E-state index in [-0.39, 0.29) is 5.91 Å². The number of hydrogen-bond donors (Lipinski definition) is 2. The second-order valence-electron chi connectivity index (χ2n) is 6.66. The first kappa shape index (κ1) is 15.3. The summed E-state index contributed by atoms with van der Waals surface area (Å²) in [5, 5.41) is 3.14. The van der Waals surface area contributed by atoms with Crippen LogP contribution in [0.3, 0.4) is 0 Å². The van der Waals surface area contributed by atoms with E-state index in [4.69, 9.17) is 0 Å². The maximum atomic E-state index is 12.4. The number of fused-ring (bicyclic) bond motifs is 2. The summed E-state index contributed by atoms with van der Waals surface area (Å²) in [6.45, 7) is 1.79. The van der Waals surface area contributed by atoms with Gasteiger partial charge in [0.1, 0.15) is 0 Å². The molecule has 0 radical (unpaired) electrons. The highest BCUT2D eigenvalue weighted by molar-refractivity contribution is 7.92. The Kier molecular flexibility index (Phi) is 3.89. The second-order valence-corrected chi connectivity index (χ2v) is 8.41. The predicted octanol–water partition coefficient (Wildman–Crippen LogP) is 2.28. The molecule has 1 aromatic carbocycles. The number of amides is 1. The van der Waals surface area contributed by atoms with Crippen molar-refractivity contribution in [1.82, 2.24) is 5.32 Å². The highest BCUT2D eigenvalue weighted by atomic mass is 32.2. The molecule has 2 aliphatic carbocycles. The first-order chi connectivity index (χ1) is 10.3. The zero-order valence-corrected chi connectivity index (χ0v) is 13.7. The fourth-order valence-corrected chi connectivity index (χ4v) is 4.42. The van der Waals surface area contributed by atoms with E-state index in [0.717, 1.165) is 24.2 Å². The van der Waals surface area contributed by atoms with Crippen molar-refractivity contribution in [3.8, 4) is 0 Å². The molecule has 22 heavy (non-hydrogen) atoms. The molecule has 6 heteroatoms. The molecular formula is C16H22N2O3S. The van der Waals surface area contributed by atoms with Crippen LogP contribution in [0.2, 0.25) is 0 Å². The standard InChI is InChI=1S/C16H22N2O3S/c1-10-7-13(5-6-14(10)18-22(2,20)21)16(19)17-15-9-11-3-4-12(15)8-11/h5-7,11-12,15,18H,3-4,8-9H2,1-2H3,(H,17,19)/t11-,12-,15+/m1/s1. The van der Waals surface area contributed by atoms with Gasteiger partial charge >= 0.3 is 0 Å². The first-order valence-electron chi connectivity index (χ1n) is 7.71. The summed E-state index contributed by atoms with van der Waals surface area (Å²) >= 11 is 0. The Morgan fingerprint density at radius 1 is 1.23 bits per heavy atom. The van der Waals surface area contributed by atoms with E-state index in [0.29, 0.717) is 23.2 Å². The van der Waals surface area contributed by atoms with Gasteiger partial charge in [-0.1, -0.05) is 6.42 Å². The van der Waals surface area contributed by atoms with Crippen LogP contribution in [-0.2, 0) is 10.0 Å². The first-order valence-corrected chi connectivity index (χ1v) is 9.60. The van der Waals surface area contributed by atoms with E-state index in [1.165, 1.54) is 19.3 Å². The summed E-state index contributed by atoms with van der Waals surface area (Å²) in [4.78, 5) is 12.4. The van der Waals surface area contributed by atoms with Crippen LogP contribution in [-0.4, -0.2) is 26.6 Å². The van der Waals surface area contributed by atoms with Crippen molar-refractivity contribution in [2.24, 2.45) is 11.8 Å². The fourth-order valence-electron chi connectivity index (χ4n) is 3.79. The number of carbonyl (C=O) groups excluding carboxylic acids is 1. The minimum Gasteiger partial charge on any atom is -0.349 e. The van der Waals surface area contributed by atoms with Gasteiger partial charge in [0.05, 0.1) is 11.9 Å². The third-order valence-electron chi connectivity index (χ3n) is 4.84. The van der Waals surface area contributed by atoms with Crippen LogP contribution in [0.4, 0.5) is 5.69 Å². The lowest BCUT2D eigenvalue weighted by Crippen LogP contribution is -2.38. The van der Waals surface area contributed by atoms with Gasteiger partial charge in [0.15, 0.2) is 0 Å². The van der Waals surface area contributed by atoms with Gasteiger partial charge in [-0.3, -0.25) is 9.52 Å². The minimum atomic E-state index is -3.31. The van der Waals surface area contributed by atoms with E-state index in [1.54, 1.807) is 25.1 Å².